The van der Waals surface area contributed by atoms with Gasteiger partial charge in [0.15, 0.2) is 0 Å². The van der Waals surface area contributed by atoms with Gasteiger partial charge < -0.3 is 8.98 Å². The summed E-state index contributed by atoms with van der Waals surface area (Å²) in [6, 6.07) is 44.8. The molecule has 4 heteroatoms. The molecule has 0 amide bonds. The molecule has 0 aliphatic rings. The summed E-state index contributed by atoms with van der Waals surface area (Å²) in [5.74, 6) is 0. The van der Waals surface area contributed by atoms with Gasteiger partial charge in [0.05, 0.1) is 31.7 Å². The van der Waals surface area contributed by atoms with Crippen molar-refractivity contribution in [1.29, 1.82) is 5.26 Å². The van der Waals surface area contributed by atoms with Gasteiger partial charge in [-0.1, -0.05) is 78.9 Å². The highest BCUT2D eigenvalue weighted by Crippen LogP contribution is 2.46. The molecule has 0 saturated carbocycles. The number of hydrogen-bond donors (Lipinski definition) is 0. The lowest BCUT2D eigenvalue weighted by Crippen LogP contribution is -1.93. The number of aromatic nitrogens is 1. The molecule has 0 aliphatic heterocycles. The molecule has 6 aromatic carbocycles. The number of nitriles is 1. The van der Waals surface area contributed by atoms with Crippen molar-refractivity contribution in [2.75, 3.05) is 0 Å². The van der Waals surface area contributed by atoms with Crippen LogP contribution < -0.4 is 0 Å². The highest BCUT2D eigenvalue weighted by molar-refractivity contribution is 7.26. The van der Waals surface area contributed by atoms with E-state index in [-0.39, 0.29) is 0 Å². The Labute approximate surface area is 238 Å². The van der Waals surface area contributed by atoms with Gasteiger partial charge in [0.25, 0.3) is 0 Å². The summed E-state index contributed by atoms with van der Waals surface area (Å²) in [6.07, 6.45) is 0. The molecule has 3 aromatic heterocycles. The van der Waals surface area contributed by atoms with Crippen LogP contribution in [-0.2, 0) is 0 Å². The first-order valence-electron chi connectivity index (χ1n) is 13.6. The first-order chi connectivity index (χ1) is 20.3. The Morgan fingerprint density at radius 1 is 0.585 bits per heavy atom. The van der Waals surface area contributed by atoms with Gasteiger partial charge in [-0.3, -0.25) is 0 Å². The fourth-order valence-corrected chi connectivity index (χ4v) is 7.76. The number of nitrogens with zero attached hydrogens (tertiary/aromatic N) is 2. The molecule has 0 atom stereocenters. The van der Waals surface area contributed by atoms with Crippen molar-refractivity contribution in [1.82, 2.24) is 4.57 Å². The number of furan rings is 1. The summed E-state index contributed by atoms with van der Waals surface area (Å²) in [4.78, 5) is 0. The maximum Gasteiger partial charge on any atom is 0.136 e. The second kappa shape index (κ2) is 8.32. The molecule has 0 bridgehead atoms. The van der Waals surface area contributed by atoms with Gasteiger partial charge in [-0.25, -0.2) is 0 Å². The Hall–Kier alpha value is -5.37. The van der Waals surface area contributed by atoms with E-state index >= 15 is 0 Å². The zero-order chi connectivity index (χ0) is 27.1. The van der Waals surface area contributed by atoms with Gasteiger partial charge in [-0.15, -0.1) is 11.3 Å². The van der Waals surface area contributed by atoms with Crippen LogP contribution in [0.15, 0.2) is 126 Å². The molecule has 0 unspecified atom stereocenters. The molecule has 0 fully saturated rings. The maximum absolute atomic E-state index is 10.1. The normalized spacial score (nSPS) is 11.9. The zero-order valence-electron chi connectivity index (χ0n) is 21.8. The van der Waals surface area contributed by atoms with Gasteiger partial charge in [-0.05, 0) is 53.6 Å². The van der Waals surface area contributed by atoms with Crippen LogP contribution >= 0.6 is 11.3 Å². The number of rotatable bonds is 2. The second-order valence-corrected chi connectivity index (χ2v) is 11.4. The van der Waals surface area contributed by atoms with E-state index in [1.165, 1.54) is 26.5 Å². The fraction of sp³-hybridized carbons (Fsp3) is 0. The SMILES string of the molecule is N#Cc1ccc(-c2ccc3c(c2)oc2ccccc23)c2c1sc1c(-n3c4ccccc4c4ccccc43)cccc12. The summed E-state index contributed by atoms with van der Waals surface area (Å²) in [5.41, 5.74) is 8.11. The van der Waals surface area contributed by atoms with Gasteiger partial charge >= 0.3 is 0 Å². The van der Waals surface area contributed by atoms with Crippen LogP contribution in [0.4, 0.5) is 0 Å². The number of thiophene rings is 1. The van der Waals surface area contributed by atoms with Crippen molar-refractivity contribution in [2.24, 2.45) is 0 Å². The summed E-state index contributed by atoms with van der Waals surface area (Å²) >= 11 is 1.70. The van der Waals surface area contributed by atoms with Crippen molar-refractivity contribution < 1.29 is 4.42 Å². The topological polar surface area (TPSA) is 41.9 Å². The van der Waals surface area contributed by atoms with E-state index in [2.05, 4.69) is 108 Å². The van der Waals surface area contributed by atoms with Crippen molar-refractivity contribution in [3.63, 3.8) is 0 Å². The van der Waals surface area contributed by atoms with E-state index in [1.807, 2.05) is 24.3 Å². The van der Waals surface area contributed by atoms with Crippen LogP contribution in [0.3, 0.4) is 0 Å². The Balaban J connectivity index is 1.37. The fourth-order valence-electron chi connectivity index (χ4n) is 6.47. The molecular weight excluding hydrogens is 520 g/mol. The second-order valence-electron chi connectivity index (χ2n) is 10.4. The van der Waals surface area contributed by atoms with Gasteiger partial charge in [0.2, 0.25) is 0 Å². The van der Waals surface area contributed by atoms with Crippen LogP contribution in [-0.4, -0.2) is 4.57 Å². The first kappa shape index (κ1) is 22.4. The standard InChI is InChI=1S/C37H20N2OS/c38-21-23-17-18-24(22-16-19-28-27-10-3-6-15-33(27)40-34(28)20-22)35-29-11-7-14-32(37(29)41-36(23)35)39-30-12-4-1-8-25(30)26-9-2-5-13-31(26)39/h1-20H. The molecule has 3 nitrogen and oxygen atoms in total. The van der Waals surface area contributed by atoms with E-state index in [1.54, 1.807) is 11.3 Å². The maximum atomic E-state index is 10.1. The molecule has 190 valence electrons. The lowest BCUT2D eigenvalue weighted by molar-refractivity contribution is 0.669. The largest absolute Gasteiger partial charge is 0.456 e. The van der Waals surface area contributed by atoms with Gasteiger partial charge in [0, 0.05) is 32.3 Å². The molecule has 9 aromatic rings. The van der Waals surface area contributed by atoms with E-state index in [0.29, 0.717) is 5.56 Å². The third-order valence-electron chi connectivity index (χ3n) is 8.26. The predicted octanol–water partition coefficient (Wildman–Crippen LogP) is 10.6. The van der Waals surface area contributed by atoms with Gasteiger partial charge in [0.1, 0.15) is 17.2 Å². The highest BCUT2D eigenvalue weighted by Gasteiger charge is 2.20. The van der Waals surface area contributed by atoms with Crippen molar-refractivity contribution in [2.45, 2.75) is 0 Å². The Morgan fingerprint density at radius 3 is 2.05 bits per heavy atom. The number of para-hydroxylation sites is 3. The monoisotopic (exact) mass is 540 g/mol. The summed E-state index contributed by atoms with van der Waals surface area (Å²) < 4.78 is 10.8. The van der Waals surface area contributed by atoms with Gasteiger partial charge in [-0.2, -0.15) is 5.26 Å². The van der Waals surface area contributed by atoms with Crippen LogP contribution in [0.5, 0.6) is 0 Å². The number of hydrogen-bond acceptors (Lipinski definition) is 3. The van der Waals surface area contributed by atoms with E-state index < -0.39 is 0 Å². The lowest BCUT2D eigenvalue weighted by Gasteiger charge is -2.10. The van der Waals surface area contributed by atoms with Crippen LogP contribution in [0.25, 0.3) is 80.7 Å². The third-order valence-corrected chi connectivity index (χ3v) is 9.52. The summed E-state index contributed by atoms with van der Waals surface area (Å²) in [6.45, 7) is 0. The molecule has 41 heavy (non-hydrogen) atoms. The predicted molar refractivity (Wildman–Crippen MR) is 171 cm³/mol. The van der Waals surface area contributed by atoms with Crippen LogP contribution in [0.1, 0.15) is 5.56 Å². The van der Waals surface area contributed by atoms with Crippen molar-refractivity contribution >= 4 is 75.3 Å². The average Bonchev–Trinajstić information content (AvgIpc) is 3.70. The van der Waals surface area contributed by atoms with Crippen LogP contribution in [0.2, 0.25) is 0 Å². The zero-order valence-corrected chi connectivity index (χ0v) is 22.6. The smallest absolute Gasteiger partial charge is 0.136 e. The molecule has 0 spiro atoms. The lowest BCUT2D eigenvalue weighted by atomic mass is 9.96. The Morgan fingerprint density at radius 2 is 1.27 bits per heavy atom. The molecule has 3 heterocycles. The third kappa shape index (κ3) is 3.07. The molecule has 0 saturated heterocycles. The van der Waals surface area contributed by atoms with Crippen molar-refractivity contribution in [3.05, 3.63) is 127 Å². The molecular formula is C37H20N2OS. The minimum Gasteiger partial charge on any atom is -0.456 e. The van der Waals surface area contributed by atoms with E-state index in [0.717, 1.165) is 54.2 Å². The average molecular weight is 541 g/mol. The summed E-state index contributed by atoms with van der Waals surface area (Å²) in [7, 11) is 0. The van der Waals surface area contributed by atoms with Crippen molar-refractivity contribution in [3.8, 4) is 22.9 Å². The van der Waals surface area contributed by atoms with E-state index in [9.17, 15) is 5.26 Å². The highest BCUT2D eigenvalue weighted by atomic mass is 32.1. The Bertz CT molecular complexity index is 2500. The molecule has 0 aliphatic carbocycles. The Kier molecular flexibility index (Phi) is 4.55. The number of fused-ring (bicyclic) bond motifs is 9. The first-order valence-corrected chi connectivity index (χ1v) is 14.4. The minimum absolute atomic E-state index is 0.697. The molecule has 9 rings (SSSR count). The van der Waals surface area contributed by atoms with Crippen LogP contribution in [0, 0.1) is 11.3 Å². The minimum atomic E-state index is 0.697. The van der Waals surface area contributed by atoms with E-state index in [4.69, 9.17) is 4.42 Å². The molecule has 0 N–H and O–H groups in total. The molecule has 0 radical (unpaired) electrons. The summed E-state index contributed by atoms with van der Waals surface area (Å²) in [5, 5.41) is 17.1. The quantitative estimate of drug-likeness (QED) is 0.219. The number of benzene rings is 6.